The molecule has 0 saturated carbocycles. The number of fused-ring (bicyclic) bond motifs is 1. The summed E-state index contributed by atoms with van der Waals surface area (Å²) in [7, 11) is 0. The van der Waals surface area contributed by atoms with Crippen LogP contribution in [0.3, 0.4) is 0 Å². The number of nitrogens with one attached hydrogen (secondary N) is 1. The molecule has 2 heterocycles. The maximum Gasteiger partial charge on any atom is 0.153 e. The first-order valence-electron chi connectivity index (χ1n) is 6.79. The fourth-order valence-corrected chi connectivity index (χ4v) is 3.22. The summed E-state index contributed by atoms with van der Waals surface area (Å²) in [6.45, 7) is 0.104. The molecule has 3 aromatic rings. The van der Waals surface area contributed by atoms with Crippen LogP contribution in [0.5, 0.6) is 0 Å². The van der Waals surface area contributed by atoms with Crippen LogP contribution in [0, 0.1) is 3.57 Å². The van der Waals surface area contributed by atoms with Crippen LogP contribution in [0.15, 0.2) is 47.3 Å². The van der Waals surface area contributed by atoms with Crippen LogP contribution in [-0.4, -0.2) is 26.3 Å². The molecule has 1 unspecified atom stereocenters. The van der Waals surface area contributed by atoms with Crippen molar-refractivity contribution in [2.45, 2.75) is 12.5 Å². The van der Waals surface area contributed by atoms with Crippen LogP contribution < -0.4 is 5.32 Å². The average Bonchev–Trinajstić information content (AvgIpc) is 2.90. The zero-order valence-electron chi connectivity index (χ0n) is 11.6. The lowest BCUT2D eigenvalue weighted by atomic mass is 10.0. The van der Waals surface area contributed by atoms with Crippen LogP contribution in [-0.2, 0) is 0 Å². The second-order valence-corrected chi connectivity index (χ2v) is 6.90. The van der Waals surface area contributed by atoms with Gasteiger partial charge in [0.05, 0.1) is 15.8 Å². The molecule has 0 radical (unpaired) electrons. The molecule has 1 aromatic carbocycles. The summed E-state index contributed by atoms with van der Waals surface area (Å²) in [5.74, 6) is 0.769. The van der Waals surface area contributed by atoms with Gasteiger partial charge in [0, 0.05) is 23.5 Å². The Bertz CT molecular complexity index is 775. The van der Waals surface area contributed by atoms with E-state index in [0.717, 1.165) is 24.9 Å². The van der Waals surface area contributed by atoms with Crippen molar-refractivity contribution in [3.8, 4) is 0 Å². The maximum absolute atomic E-state index is 9.37. The number of halogens is 2. The van der Waals surface area contributed by atoms with E-state index in [1.807, 2.05) is 36.7 Å². The van der Waals surface area contributed by atoms with Gasteiger partial charge in [0.15, 0.2) is 5.82 Å². The molecular formula is C15H14BrIN4O. The highest BCUT2D eigenvalue weighted by atomic mass is 127. The average molecular weight is 473 g/mol. The first-order valence-corrected chi connectivity index (χ1v) is 8.67. The van der Waals surface area contributed by atoms with E-state index in [-0.39, 0.29) is 12.6 Å². The Morgan fingerprint density at radius 3 is 2.82 bits per heavy atom. The highest BCUT2D eigenvalue weighted by Gasteiger charge is 2.15. The van der Waals surface area contributed by atoms with E-state index in [9.17, 15) is 5.11 Å². The minimum Gasteiger partial charge on any atom is -0.396 e. The normalized spacial score (nSPS) is 12.5. The maximum atomic E-state index is 9.37. The predicted molar refractivity (Wildman–Crippen MR) is 97.9 cm³/mol. The molecule has 3 rings (SSSR count). The van der Waals surface area contributed by atoms with Crippen molar-refractivity contribution in [3.63, 3.8) is 0 Å². The van der Waals surface area contributed by atoms with Crippen molar-refractivity contribution in [3.05, 3.63) is 56.5 Å². The molecule has 0 aliphatic carbocycles. The SMILES string of the molecule is OCCC(Nc1nccn2ncc(I)c12)c1ccc(Br)cc1. The molecule has 0 amide bonds. The van der Waals surface area contributed by atoms with Crippen LogP contribution >= 0.6 is 38.5 Å². The summed E-state index contributed by atoms with van der Waals surface area (Å²) in [5, 5.41) is 17.1. The van der Waals surface area contributed by atoms with Crippen molar-refractivity contribution >= 4 is 49.9 Å². The third kappa shape index (κ3) is 3.26. The first kappa shape index (κ1) is 15.7. The van der Waals surface area contributed by atoms with E-state index in [2.05, 4.69) is 53.9 Å². The Hall–Kier alpha value is -1.19. The fourth-order valence-electron chi connectivity index (χ4n) is 2.33. The van der Waals surface area contributed by atoms with Crippen LogP contribution in [0.2, 0.25) is 0 Å². The second-order valence-electron chi connectivity index (χ2n) is 4.82. The van der Waals surface area contributed by atoms with Gasteiger partial charge in [0.2, 0.25) is 0 Å². The first-order chi connectivity index (χ1) is 10.7. The van der Waals surface area contributed by atoms with Crippen molar-refractivity contribution < 1.29 is 5.11 Å². The molecular weight excluding hydrogens is 459 g/mol. The quantitative estimate of drug-likeness (QED) is 0.556. The van der Waals surface area contributed by atoms with Gasteiger partial charge < -0.3 is 10.4 Å². The largest absolute Gasteiger partial charge is 0.396 e. The Balaban J connectivity index is 1.96. The zero-order chi connectivity index (χ0) is 15.5. The number of rotatable bonds is 5. The van der Waals surface area contributed by atoms with Crippen molar-refractivity contribution in [2.24, 2.45) is 0 Å². The van der Waals surface area contributed by atoms with Crippen LogP contribution in [0.25, 0.3) is 5.52 Å². The molecule has 114 valence electrons. The third-order valence-electron chi connectivity index (χ3n) is 3.39. The molecule has 0 aliphatic heterocycles. The standard InChI is InChI=1S/C15H14BrIN4O/c16-11-3-1-10(2-4-11)13(5-8-22)20-15-14-12(17)9-19-21(14)7-6-18-15/h1-4,6-7,9,13,22H,5,8H2,(H,18,20). The highest BCUT2D eigenvalue weighted by molar-refractivity contribution is 14.1. The van der Waals surface area contributed by atoms with Gasteiger partial charge in [-0.3, -0.25) is 0 Å². The number of aliphatic hydroxyl groups excluding tert-OH is 1. The number of anilines is 1. The van der Waals surface area contributed by atoms with E-state index in [1.54, 1.807) is 10.7 Å². The lowest BCUT2D eigenvalue weighted by Crippen LogP contribution is -2.14. The number of aliphatic hydroxyl groups is 1. The molecule has 2 N–H and O–H groups in total. The number of benzene rings is 1. The number of nitrogens with zero attached hydrogens (tertiary/aromatic N) is 3. The number of hydrogen-bond acceptors (Lipinski definition) is 4. The van der Waals surface area contributed by atoms with Gasteiger partial charge in [-0.2, -0.15) is 5.10 Å². The van der Waals surface area contributed by atoms with Crippen molar-refractivity contribution in [1.82, 2.24) is 14.6 Å². The summed E-state index contributed by atoms with van der Waals surface area (Å²) in [5.41, 5.74) is 2.05. The lowest BCUT2D eigenvalue weighted by Gasteiger charge is -2.19. The molecule has 5 nitrogen and oxygen atoms in total. The van der Waals surface area contributed by atoms with Gasteiger partial charge >= 0.3 is 0 Å². The molecule has 0 aliphatic rings. The molecule has 7 heteroatoms. The highest BCUT2D eigenvalue weighted by Crippen LogP contribution is 2.27. The Kier molecular flexibility index (Phi) is 4.94. The Labute approximate surface area is 150 Å². The fraction of sp³-hybridized carbons (Fsp3) is 0.200. The molecule has 0 bridgehead atoms. The van der Waals surface area contributed by atoms with Gasteiger partial charge in [0.1, 0.15) is 5.52 Å². The summed E-state index contributed by atoms with van der Waals surface area (Å²) in [6, 6.07) is 8.07. The molecule has 0 saturated heterocycles. The van der Waals surface area contributed by atoms with E-state index < -0.39 is 0 Å². The monoisotopic (exact) mass is 472 g/mol. The molecule has 0 spiro atoms. The van der Waals surface area contributed by atoms with Gasteiger partial charge in [-0.15, -0.1) is 0 Å². The van der Waals surface area contributed by atoms with Gasteiger partial charge in [0.25, 0.3) is 0 Å². The topological polar surface area (TPSA) is 62.5 Å². The third-order valence-corrected chi connectivity index (χ3v) is 4.71. The lowest BCUT2D eigenvalue weighted by molar-refractivity contribution is 0.280. The van der Waals surface area contributed by atoms with Gasteiger partial charge in [-0.25, -0.2) is 9.50 Å². The minimum atomic E-state index is -0.0116. The molecule has 0 fully saturated rings. The molecule has 1 atom stereocenters. The van der Waals surface area contributed by atoms with E-state index >= 15 is 0 Å². The summed E-state index contributed by atoms with van der Waals surface area (Å²) in [6.07, 6.45) is 5.96. The van der Waals surface area contributed by atoms with E-state index in [0.29, 0.717) is 6.42 Å². The predicted octanol–water partition coefficient (Wildman–Crippen LogP) is 3.63. The summed E-state index contributed by atoms with van der Waals surface area (Å²) in [4.78, 5) is 4.44. The van der Waals surface area contributed by atoms with E-state index in [1.165, 1.54) is 0 Å². The number of hydrogen-bond donors (Lipinski definition) is 2. The smallest absolute Gasteiger partial charge is 0.153 e. The molecule has 2 aromatic heterocycles. The zero-order valence-corrected chi connectivity index (χ0v) is 15.3. The van der Waals surface area contributed by atoms with Gasteiger partial charge in [-0.1, -0.05) is 28.1 Å². The second kappa shape index (κ2) is 6.93. The van der Waals surface area contributed by atoms with Crippen LogP contribution in [0.4, 0.5) is 5.82 Å². The molecule has 22 heavy (non-hydrogen) atoms. The summed E-state index contributed by atoms with van der Waals surface area (Å²) < 4.78 is 3.87. The van der Waals surface area contributed by atoms with E-state index in [4.69, 9.17) is 0 Å². The van der Waals surface area contributed by atoms with Gasteiger partial charge in [-0.05, 0) is 46.7 Å². The Morgan fingerprint density at radius 1 is 1.32 bits per heavy atom. The van der Waals surface area contributed by atoms with Crippen LogP contribution in [0.1, 0.15) is 18.0 Å². The minimum absolute atomic E-state index is 0.0116. The van der Waals surface area contributed by atoms with Crippen molar-refractivity contribution in [1.29, 1.82) is 0 Å². The summed E-state index contributed by atoms with van der Waals surface area (Å²) >= 11 is 5.69. The Morgan fingerprint density at radius 2 is 2.09 bits per heavy atom. The number of aromatic nitrogens is 3. The van der Waals surface area contributed by atoms with Crippen molar-refractivity contribution in [2.75, 3.05) is 11.9 Å².